The molecule has 0 amide bonds. The van der Waals surface area contributed by atoms with Gasteiger partial charge in [0.2, 0.25) is 0 Å². The standard InChI is InChI=1S/C13H20N2O/c1-9-4-5-10(7-14-9)8-15-11-6-12(16)13(11,2)3/h4-5,7,11-12,15-16H,6,8H2,1-3H3. The molecule has 3 heteroatoms. The minimum absolute atomic E-state index is 0.00186. The van der Waals surface area contributed by atoms with Crippen LogP contribution >= 0.6 is 0 Å². The van der Waals surface area contributed by atoms with Crippen LogP contribution in [0.2, 0.25) is 0 Å². The minimum atomic E-state index is -0.166. The maximum atomic E-state index is 9.63. The van der Waals surface area contributed by atoms with Crippen molar-refractivity contribution in [2.24, 2.45) is 5.41 Å². The van der Waals surface area contributed by atoms with Crippen LogP contribution in [0.25, 0.3) is 0 Å². The fourth-order valence-corrected chi connectivity index (χ4v) is 2.09. The largest absolute Gasteiger partial charge is 0.392 e. The number of pyridine rings is 1. The first-order chi connectivity index (χ1) is 7.50. The van der Waals surface area contributed by atoms with E-state index < -0.39 is 0 Å². The summed E-state index contributed by atoms with van der Waals surface area (Å²) in [6.45, 7) is 7.02. The Balaban J connectivity index is 1.87. The lowest BCUT2D eigenvalue weighted by Gasteiger charge is -2.49. The molecule has 2 rings (SSSR count). The summed E-state index contributed by atoms with van der Waals surface area (Å²) in [4.78, 5) is 4.26. The van der Waals surface area contributed by atoms with E-state index in [1.54, 1.807) is 0 Å². The van der Waals surface area contributed by atoms with E-state index in [4.69, 9.17) is 0 Å². The molecule has 1 aromatic heterocycles. The highest BCUT2D eigenvalue weighted by Crippen LogP contribution is 2.40. The first-order valence-electron chi connectivity index (χ1n) is 5.83. The Hall–Kier alpha value is -0.930. The van der Waals surface area contributed by atoms with E-state index in [2.05, 4.69) is 30.2 Å². The number of rotatable bonds is 3. The number of aliphatic hydroxyl groups is 1. The van der Waals surface area contributed by atoms with Crippen molar-refractivity contribution in [2.45, 2.75) is 45.9 Å². The smallest absolute Gasteiger partial charge is 0.0621 e. The van der Waals surface area contributed by atoms with Crippen LogP contribution in [0.15, 0.2) is 18.3 Å². The molecule has 2 unspecified atom stereocenters. The normalized spacial score (nSPS) is 27.5. The zero-order valence-corrected chi connectivity index (χ0v) is 10.2. The zero-order chi connectivity index (χ0) is 11.8. The molecule has 2 atom stereocenters. The van der Waals surface area contributed by atoms with Crippen molar-refractivity contribution in [3.63, 3.8) is 0 Å². The van der Waals surface area contributed by atoms with Crippen molar-refractivity contribution in [2.75, 3.05) is 0 Å². The molecule has 0 radical (unpaired) electrons. The lowest BCUT2D eigenvalue weighted by molar-refractivity contribution is -0.0729. The molecule has 1 fully saturated rings. The number of hydrogen-bond donors (Lipinski definition) is 2. The molecular formula is C13H20N2O. The van der Waals surface area contributed by atoms with Gasteiger partial charge in [0, 0.05) is 29.9 Å². The van der Waals surface area contributed by atoms with Crippen molar-refractivity contribution in [3.05, 3.63) is 29.6 Å². The van der Waals surface area contributed by atoms with Gasteiger partial charge in [0.15, 0.2) is 0 Å². The highest BCUT2D eigenvalue weighted by Gasteiger charge is 2.46. The number of aromatic nitrogens is 1. The summed E-state index contributed by atoms with van der Waals surface area (Å²) in [6.07, 6.45) is 2.60. The molecule has 2 N–H and O–H groups in total. The van der Waals surface area contributed by atoms with Crippen LogP contribution in [0.3, 0.4) is 0 Å². The Morgan fingerprint density at radius 2 is 2.25 bits per heavy atom. The van der Waals surface area contributed by atoms with E-state index in [1.165, 1.54) is 5.56 Å². The van der Waals surface area contributed by atoms with Crippen LogP contribution in [-0.4, -0.2) is 22.2 Å². The second-order valence-corrected chi connectivity index (χ2v) is 5.31. The number of nitrogens with zero attached hydrogens (tertiary/aromatic N) is 1. The second-order valence-electron chi connectivity index (χ2n) is 5.31. The monoisotopic (exact) mass is 220 g/mol. The van der Waals surface area contributed by atoms with Gasteiger partial charge in [0.05, 0.1) is 6.10 Å². The van der Waals surface area contributed by atoms with Gasteiger partial charge in [0.1, 0.15) is 0 Å². The number of aryl methyl sites for hydroxylation is 1. The SMILES string of the molecule is Cc1ccc(CNC2CC(O)C2(C)C)cn1. The highest BCUT2D eigenvalue weighted by molar-refractivity contribution is 5.13. The summed E-state index contributed by atoms with van der Waals surface area (Å²) in [7, 11) is 0. The van der Waals surface area contributed by atoms with E-state index in [0.29, 0.717) is 6.04 Å². The van der Waals surface area contributed by atoms with E-state index in [1.807, 2.05) is 19.2 Å². The van der Waals surface area contributed by atoms with Crippen LogP contribution < -0.4 is 5.32 Å². The Bertz CT molecular complexity index is 359. The quantitative estimate of drug-likeness (QED) is 0.814. The molecule has 0 aromatic carbocycles. The third-order valence-corrected chi connectivity index (χ3v) is 3.74. The van der Waals surface area contributed by atoms with E-state index in [0.717, 1.165) is 18.7 Å². The summed E-state index contributed by atoms with van der Waals surface area (Å²) in [5, 5.41) is 13.1. The molecule has 3 nitrogen and oxygen atoms in total. The Morgan fingerprint density at radius 1 is 1.50 bits per heavy atom. The molecule has 1 heterocycles. The van der Waals surface area contributed by atoms with Gasteiger partial charge < -0.3 is 10.4 Å². The number of nitrogens with one attached hydrogen (secondary N) is 1. The highest BCUT2D eigenvalue weighted by atomic mass is 16.3. The zero-order valence-electron chi connectivity index (χ0n) is 10.2. The van der Waals surface area contributed by atoms with Crippen LogP contribution in [0.1, 0.15) is 31.5 Å². The van der Waals surface area contributed by atoms with Crippen molar-refractivity contribution in [1.82, 2.24) is 10.3 Å². The first-order valence-corrected chi connectivity index (χ1v) is 5.83. The molecule has 1 aromatic rings. The molecule has 1 aliphatic carbocycles. The summed E-state index contributed by atoms with van der Waals surface area (Å²) in [6, 6.07) is 4.53. The third-order valence-electron chi connectivity index (χ3n) is 3.74. The minimum Gasteiger partial charge on any atom is -0.392 e. The third kappa shape index (κ3) is 2.11. The summed E-state index contributed by atoms with van der Waals surface area (Å²) >= 11 is 0. The fourth-order valence-electron chi connectivity index (χ4n) is 2.09. The van der Waals surface area contributed by atoms with E-state index in [9.17, 15) is 5.11 Å². The van der Waals surface area contributed by atoms with Gasteiger partial charge in [-0.25, -0.2) is 0 Å². The maximum Gasteiger partial charge on any atom is 0.0621 e. The van der Waals surface area contributed by atoms with Crippen molar-refractivity contribution in [3.8, 4) is 0 Å². The summed E-state index contributed by atoms with van der Waals surface area (Å²) in [5.41, 5.74) is 2.24. The molecule has 0 bridgehead atoms. The maximum absolute atomic E-state index is 9.63. The predicted molar refractivity (Wildman–Crippen MR) is 64.0 cm³/mol. The van der Waals surface area contributed by atoms with Crippen molar-refractivity contribution < 1.29 is 5.11 Å². The Morgan fingerprint density at radius 3 is 2.75 bits per heavy atom. The average molecular weight is 220 g/mol. The van der Waals surface area contributed by atoms with Crippen LogP contribution in [0.4, 0.5) is 0 Å². The molecule has 0 aliphatic heterocycles. The molecule has 0 spiro atoms. The number of aliphatic hydroxyl groups excluding tert-OH is 1. The molecule has 0 saturated heterocycles. The second kappa shape index (κ2) is 4.15. The summed E-state index contributed by atoms with van der Waals surface area (Å²) in [5.74, 6) is 0. The van der Waals surface area contributed by atoms with E-state index >= 15 is 0 Å². The van der Waals surface area contributed by atoms with Gasteiger partial charge in [-0.2, -0.15) is 0 Å². The van der Waals surface area contributed by atoms with Crippen LogP contribution in [0, 0.1) is 12.3 Å². The Labute approximate surface area is 96.9 Å². The average Bonchev–Trinajstić information content (AvgIpc) is 2.26. The first kappa shape index (κ1) is 11.6. The molecule has 88 valence electrons. The molecule has 1 aliphatic rings. The van der Waals surface area contributed by atoms with Gasteiger partial charge in [-0.1, -0.05) is 19.9 Å². The van der Waals surface area contributed by atoms with Gasteiger partial charge in [-0.05, 0) is 25.0 Å². The molecule has 16 heavy (non-hydrogen) atoms. The topological polar surface area (TPSA) is 45.1 Å². The fraction of sp³-hybridized carbons (Fsp3) is 0.615. The van der Waals surface area contributed by atoms with Crippen LogP contribution in [0.5, 0.6) is 0 Å². The molecular weight excluding hydrogens is 200 g/mol. The van der Waals surface area contributed by atoms with Gasteiger partial charge in [-0.3, -0.25) is 4.98 Å². The van der Waals surface area contributed by atoms with Crippen LogP contribution in [-0.2, 0) is 6.54 Å². The lowest BCUT2D eigenvalue weighted by Crippen LogP contribution is -2.59. The van der Waals surface area contributed by atoms with Gasteiger partial charge in [0.25, 0.3) is 0 Å². The predicted octanol–water partition coefficient (Wildman–Crippen LogP) is 1.64. The summed E-state index contributed by atoms with van der Waals surface area (Å²) < 4.78 is 0. The lowest BCUT2D eigenvalue weighted by atomic mass is 9.64. The van der Waals surface area contributed by atoms with Gasteiger partial charge >= 0.3 is 0 Å². The Kier molecular flexibility index (Phi) is 3.00. The molecule has 1 saturated carbocycles. The van der Waals surface area contributed by atoms with Gasteiger partial charge in [-0.15, -0.1) is 0 Å². The number of hydrogen-bond acceptors (Lipinski definition) is 3. The van der Waals surface area contributed by atoms with Crippen molar-refractivity contribution >= 4 is 0 Å². The van der Waals surface area contributed by atoms with Crippen molar-refractivity contribution in [1.29, 1.82) is 0 Å². The van der Waals surface area contributed by atoms with E-state index in [-0.39, 0.29) is 11.5 Å².